The summed E-state index contributed by atoms with van der Waals surface area (Å²) in [5.74, 6) is 1.50. The van der Waals surface area contributed by atoms with E-state index in [1.54, 1.807) is 7.11 Å². The number of carbonyl (C=O) groups excluding carboxylic acids is 1. The Morgan fingerprint density at radius 2 is 1.87 bits per heavy atom. The summed E-state index contributed by atoms with van der Waals surface area (Å²) in [6.45, 7) is 8.22. The molecule has 0 fully saturated rings. The highest BCUT2D eigenvalue weighted by molar-refractivity contribution is 5.78. The minimum atomic E-state index is 0.0116. The third-order valence-corrected chi connectivity index (χ3v) is 5.97. The van der Waals surface area contributed by atoms with Crippen molar-refractivity contribution in [3.05, 3.63) is 41.6 Å². The number of nitrogens with one attached hydrogen (secondary N) is 1. The van der Waals surface area contributed by atoms with E-state index in [1.807, 2.05) is 30.3 Å². The van der Waals surface area contributed by atoms with Crippen molar-refractivity contribution in [3.8, 4) is 17.3 Å². The number of aromatic nitrogens is 2. The molecule has 1 N–H and O–H groups in total. The molecule has 30 heavy (non-hydrogen) atoms. The smallest absolute Gasteiger partial charge is 0.223 e. The van der Waals surface area contributed by atoms with Gasteiger partial charge in [0.2, 0.25) is 11.8 Å². The van der Waals surface area contributed by atoms with Crippen molar-refractivity contribution in [2.24, 2.45) is 5.92 Å². The zero-order valence-corrected chi connectivity index (χ0v) is 18.5. The first-order valence-electron chi connectivity index (χ1n) is 11.2. The van der Waals surface area contributed by atoms with E-state index in [9.17, 15) is 4.79 Å². The predicted octanol–water partition coefficient (Wildman–Crippen LogP) is 3.50. The number of nitrogens with zero attached hydrogens (tertiary/aromatic N) is 3. The van der Waals surface area contributed by atoms with Crippen LogP contribution < -0.4 is 10.1 Å². The summed E-state index contributed by atoms with van der Waals surface area (Å²) in [6, 6.07) is 9.96. The number of hydrogen-bond donors (Lipinski definition) is 1. The maximum absolute atomic E-state index is 12.7. The first-order valence-corrected chi connectivity index (χ1v) is 11.2. The van der Waals surface area contributed by atoms with Crippen molar-refractivity contribution in [1.29, 1.82) is 0 Å². The normalized spacial score (nSPS) is 16.1. The maximum Gasteiger partial charge on any atom is 0.223 e. The van der Waals surface area contributed by atoms with Gasteiger partial charge in [-0.1, -0.05) is 44.2 Å². The van der Waals surface area contributed by atoms with Crippen LogP contribution in [0, 0.1) is 5.92 Å². The van der Waals surface area contributed by atoms with E-state index < -0.39 is 0 Å². The number of methoxy groups -OCH3 is 1. The van der Waals surface area contributed by atoms with Crippen molar-refractivity contribution >= 4 is 5.91 Å². The van der Waals surface area contributed by atoms with Gasteiger partial charge in [0, 0.05) is 23.6 Å². The van der Waals surface area contributed by atoms with Crippen LogP contribution in [0.15, 0.2) is 30.3 Å². The molecule has 2 aromatic rings. The minimum Gasteiger partial charge on any atom is -0.481 e. The van der Waals surface area contributed by atoms with Crippen LogP contribution in [-0.2, 0) is 17.6 Å². The Balaban J connectivity index is 1.62. The van der Waals surface area contributed by atoms with Crippen LogP contribution in [0.4, 0.5) is 0 Å². The predicted molar refractivity (Wildman–Crippen MR) is 120 cm³/mol. The Bertz CT molecular complexity index is 821. The lowest BCUT2D eigenvalue weighted by molar-refractivity contribution is -0.125. The molecule has 6 nitrogen and oxygen atoms in total. The van der Waals surface area contributed by atoms with Gasteiger partial charge in [-0.15, -0.1) is 0 Å². The fourth-order valence-corrected chi connectivity index (χ4v) is 4.09. The largest absolute Gasteiger partial charge is 0.481 e. The zero-order valence-electron chi connectivity index (χ0n) is 18.5. The standard InChI is InChI=1S/C24H34N4O2/c1-4-28(5-2)17-9-16-25-23(29)19-12-14-20-21(15-13-19)26-22(27-24(20)30-3)18-10-7-6-8-11-18/h6-8,10-11,19H,4-5,9,12-17H2,1-3H3,(H,25,29). The Morgan fingerprint density at radius 1 is 1.13 bits per heavy atom. The van der Waals surface area contributed by atoms with E-state index in [2.05, 4.69) is 29.0 Å². The molecule has 1 aliphatic carbocycles. The number of amides is 1. The molecule has 0 saturated heterocycles. The molecule has 1 atom stereocenters. The summed E-state index contributed by atoms with van der Waals surface area (Å²) in [4.78, 5) is 24.6. The average Bonchev–Trinajstić information content (AvgIpc) is 3.02. The van der Waals surface area contributed by atoms with Gasteiger partial charge < -0.3 is 15.0 Å². The zero-order chi connectivity index (χ0) is 21.3. The van der Waals surface area contributed by atoms with Crippen LogP contribution in [0.2, 0.25) is 0 Å². The molecule has 0 spiro atoms. The summed E-state index contributed by atoms with van der Waals surface area (Å²) in [5, 5.41) is 3.14. The quantitative estimate of drug-likeness (QED) is 0.506. The first kappa shape index (κ1) is 22.2. The molecule has 0 aliphatic heterocycles. The van der Waals surface area contributed by atoms with Crippen molar-refractivity contribution in [2.45, 2.75) is 46.0 Å². The highest BCUT2D eigenvalue weighted by atomic mass is 16.5. The summed E-state index contributed by atoms with van der Waals surface area (Å²) in [6.07, 6.45) is 4.14. The SMILES string of the molecule is CCN(CC)CCCNC(=O)C1CCc2nc(-c3ccccc3)nc(OC)c2CC1. The lowest BCUT2D eigenvalue weighted by Gasteiger charge is -2.18. The fourth-order valence-electron chi connectivity index (χ4n) is 4.09. The van der Waals surface area contributed by atoms with E-state index >= 15 is 0 Å². The second-order valence-corrected chi connectivity index (χ2v) is 7.79. The number of benzene rings is 1. The Kier molecular flexibility index (Phi) is 8.20. The second-order valence-electron chi connectivity index (χ2n) is 7.79. The van der Waals surface area contributed by atoms with E-state index in [-0.39, 0.29) is 11.8 Å². The molecular weight excluding hydrogens is 376 g/mol. The molecule has 1 aromatic carbocycles. The Labute approximate surface area is 180 Å². The fraction of sp³-hybridized carbons (Fsp3) is 0.542. The molecule has 6 heteroatoms. The number of ether oxygens (including phenoxy) is 1. The molecule has 0 radical (unpaired) electrons. The molecular formula is C24H34N4O2. The first-order chi connectivity index (χ1) is 14.7. The Hall–Kier alpha value is -2.47. The van der Waals surface area contributed by atoms with E-state index in [1.165, 1.54) is 0 Å². The van der Waals surface area contributed by atoms with Gasteiger partial charge in [-0.25, -0.2) is 4.98 Å². The van der Waals surface area contributed by atoms with Gasteiger partial charge in [0.1, 0.15) is 0 Å². The highest BCUT2D eigenvalue weighted by Gasteiger charge is 2.26. The molecule has 0 saturated carbocycles. The second kappa shape index (κ2) is 11.1. The maximum atomic E-state index is 12.7. The third kappa shape index (κ3) is 5.57. The van der Waals surface area contributed by atoms with Crippen LogP contribution in [0.1, 0.15) is 44.4 Å². The van der Waals surface area contributed by atoms with Gasteiger partial charge in [0.15, 0.2) is 5.82 Å². The van der Waals surface area contributed by atoms with Crippen molar-refractivity contribution in [1.82, 2.24) is 20.2 Å². The van der Waals surface area contributed by atoms with Crippen molar-refractivity contribution in [2.75, 3.05) is 33.3 Å². The molecule has 0 bridgehead atoms. The lowest BCUT2D eigenvalue weighted by atomic mass is 9.99. The molecule has 1 unspecified atom stereocenters. The van der Waals surface area contributed by atoms with Crippen LogP contribution in [0.5, 0.6) is 5.88 Å². The average molecular weight is 411 g/mol. The van der Waals surface area contributed by atoms with Gasteiger partial charge in [-0.3, -0.25) is 4.79 Å². The van der Waals surface area contributed by atoms with Gasteiger partial charge in [0.25, 0.3) is 0 Å². The summed E-state index contributed by atoms with van der Waals surface area (Å²) >= 11 is 0. The summed E-state index contributed by atoms with van der Waals surface area (Å²) < 4.78 is 5.59. The van der Waals surface area contributed by atoms with Crippen LogP contribution >= 0.6 is 0 Å². The number of fused-ring (bicyclic) bond motifs is 1. The summed E-state index contributed by atoms with van der Waals surface area (Å²) in [7, 11) is 1.66. The topological polar surface area (TPSA) is 67.4 Å². The van der Waals surface area contributed by atoms with Crippen LogP contribution in [0.25, 0.3) is 11.4 Å². The van der Waals surface area contributed by atoms with Crippen molar-refractivity contribution < 1.29 is 9.53 Å². The minimum absolute atomic E-state index is 0.0116. The van der Waals surface area contributed by atoms with Crippen molar-refractivity contribution in [3.63, 3.8) is 0 Å². The van der Waals surface area contributed by atoms with Gasteiger partial charge in [0.05, 0.1) is 12.8 Å². The number of rotatable bonds is 9. The molecule has 3 rings (SSSR count). The number of aryl methyl sites for hydroxylation is 1. The number of carbonyl (C=O) groups is 1. The van der Waals surface area contributed by atoms with Gasteiger partial charge >= 0.3 is 0 Å². The van der Waals surface area contributed by atoms with Crippen LogP contribution in [0.3, 0.4) is 0 Å². The lowest BCUT2D eigenvalue weighted by Crippen LogP contribution is -2.34. The number of hydrogen-bond acceptors (Lipinski definition) is 5. The molecule has 1 amide bonds. The monoisotopic (exact) mass is 410 g/mol. The Morgan fingerprint density at radius 3 is 2.57 bits per heavy atom. The highest BCUT2D eigenvalue weighted by Crippen LogP contribution is 2.31. The van der Waals surface area contributed by atoms with Gasteiger partial charge in [-0.05, 0) is 51.7 Å². The molecule has 162 valence electrons. The summed E-state index contributed by atoms with van der Waals surface area (Å²) in [5.41, 5.74) is 3.04. The van der Waals surface area contributed by atoms with Gasteiger partial charge in [-0.2, -0.15) is 4.98 Å². The molecule has 1 heterocycles. The van der Waals surface area contributed by atoms with E-state index in [4.69, 9.17) is 9.72 Å². The third-order valence-electron chi connectivity index (χ3n) is 5.97. The van der Waals surface area contributed by atoms with E-state index in [0.717, 1.165) is 75.1 Å². The molecule has 1 aromatic heterocycles. The van der Waals surface area contributed by atoms with Crippen LogP contribution in [-0.4, -0.2) is 54.1 Å². The van der Waals surface area contributed by atoms with E-state index in [0.29, 0.717) is 11.7 Å². The molecule has 1 aliphatic rings.